The number of primary sulfonamides is 1. The van der Waals surface area contributed by atoms with E-state index in [0.29, 0.717) is 12.5 Å². The van der Waals surface area contributed by atoms with Gasteiger partial charge in [-0.05, 0) is 49.4 Å². The maximum Gasteiger partial charge on any atom is 0.238 e. The Morgan fingerprint density at radius 3 is 2.11 bits per heavy atom. The zero-order valence-corrected chi connectivity index (χ0v) is 12.2. The highest BCUT2D eigenvalue weighted by molar-refractivity contribution is 7.89. The first-order valence-electron chi connectivity index (χ1n) is 5.98. The molecule has 0 saturated carbocycles. The summed E-state index contributed by atoms with van der Waals surface area (Å²) in [5.74, 6) is 1.33. The summed E-state index contributed by atoms with van der Waals surface area (Å²) in [6, 6.07) is 3.10. The molecule has 0 amide bonds. The van der Waals surface area contributed by atoms with E-state index in [4.69, 9.17) is 9.88 Å². The maximum absolute atomic E-state index is 11.3. The van der Waals surface area contributed by atoms with Gasteiger partial charge in [0.1, 0.15) is 5.75 Å². The van der Waals surface area contributed by atoms with Crippen LogP contribution in [0.1, 0.15) is 31.4 Å². The quantitative estimate of drug-likeness (QED) is 0.894. The Labute approximate surface area is 109 Å². The molecule has 2 N–H and O–H groups in total. The van der Waals surface area contributed by atoms with E-state index in [9.17, 15) is 8.42 Å². The molecule has 1 aromatic carbocycles. The topological polar surface area (TPSA) is 69.4 Å². The van der Waals surface area contributed by atoms with Gasteiger partial charge in [0.2, 0.25) is 10.0 Å². The van der Waals surface area contributed by atoms with Crippen molar-refractivity contribution in [1.29, 1.82) is 0 Å². The summed E-state index contributed by atoms with van der Waals surface area (Å²) in [4.78, 5) is 0.133. The summed E-state index contributed by atoms with van der Waals surface area (Å²) in [6.45, 7) is 8.55. The number of aryl methyl sites for hydroxylation is 2. The summed E-state index contributed by atoms with van der Waals surface area (Å²) < 4.78 is 28.3. The summed E-state index contributed by atoms with van der Waals surface area (Å²) in [5, 5.41) is 5.12. The Morgan fingerprint density at radius 2 is 1.72 bits per heavy atom. The van der Waals surface area contributed by atoms with Crippen molar-refractivity contribution in [2.75, 3.05) is 6.61 Å². The highest BCUT2D eigenvalue weighted by Gasteiger charge is 2.13. The minimum absolute atomic E-state index is 0.133. The summed E-state index contributed by atoms with van der Waals surface area (Å²) in [6.07, 6.45) is 0.968. The van der Waals surface area contributed by atoms with Gasteiger partial charge in [0.25, 0.3) is 0 Å². The smallest absolute Gasteiger partial charge is 0.238 e. The third-order valence-electron chi connectivity index (χ3n) is 2.70. The van der Waals surface area contributed by atoms with Crippen molar-refractivity contribution in [1.82, 2.24) is 0 Å². The standard InChI is InChI=1S/C13H21NO3S/c1-9(2)5-6-17-13-10(3)7-12(8-11(13)4)18(14,15)16/h7-9H,5-6H2,1-4H3,(H2,14,15,16). The first-order valence-corrected chi connectivity index (χ1v) is 7.53. The zero-order valence-electron chi connectivity index (χ0n) is 11.4. The summed E-state index contributed by atoms with van der Waals surface area (Å²) >= 11 is 0. The highest BCUT2D eigenvalue weighted by Crippen LogP contribution is 2.26. The SMILES string of the molecule is Cc1cc(S(N)(=O)=O)cc(C)c1OCCC(C)C. The number of nitrogens with two attached hydrogens (primary N) is 1. The monoisotopic (exact) mass is 271 g/mol. The molecule has 0 radical (unpaired) electrons. The van der Waals surface area contributed by atoms with E-state index in [1.165, 1.54) is 0 Å². The van der Waals surface area contributed by atoms with E-state index >= 15 is 0 Å². The molecule has 0 aliphatic heterocycles. The molecule has 0 saturated heterocycles. The second-order valence-corrected chi connectivity index (χ2v) is 6.52. The van der Waals surface area contributed by atoms with Gasteiger partial charge in [0.15, 0.2) is 0 Å². The average Bonchev–Trinajstić information content (AvgIpc) is 2.20. The number of benzene rings is 1. The van der Waals surface area contributed by atoms with Crippen LogP contribution in [0.25, 0.3) is 0 Å². The van der Waals surface area contributed by atoms with E-state index in [1.54, 1.807) is 12.1 Å². The first-order chi connectivity index (χ1) is 8.21. The van der Waals surface area contributed by atoms with Crippen molar-refractivity contribution in [2.45, 2.75) is 39.0 Å². The van der Waals surface area contributed by atoms with E-state index in [0.717, 1.165) is 23.3 Å². The van der Waals surface area contributed by atoms with Crippen molar-refractivity contribution in [3.8, 4) is 5.75 Å². The van der Waals surface area contributed by atoms with Crippen LogP contribution in [0.15, 0.2) is 17.0 Å². The first kappa shape index (κ1) is 15.0. The molecular formula is C13H21NO3S. The molecule has 0 heterocycles. The highest BCUT2D eigenvalue weighted by atomic mass is 32.2. The molecule has 0 aliphatic rings. The molecular weight excluding hydrogens is 250 g/mol. The number of hydrogen-bond acceptors (Lipinski definition) is 3. The van der Waals surface area contributed by atoms with Crippen LogP contribution in [0.5, 0.6) is 5.75 Å². The largest absolute Gasteiger partial charge is 0.493 e. The predicted molar refractivity (Wildman–Crippen MR) is 72.2 cm³/mol. The number of sulfonamides is 1. The normalized spacial score (nSPS) is 11.9. The molecule has 1 rings (SSSR count). The maximum atomic E-state index is 11.3. The molecule has 1 aromatic rings. The van der Waals surface area contributed by atoms with Gasteiger partial charge in [-0.25, -0.2) is 13.6 Å². The molecule has 0 bridgehead atoms. The molecule has 5 heteroatoms. The lowest BCUT2D eigenvalue weighted by Crippen LogP contribution is -2.13. The molecule has 0 aromatic heterocycles. The fourth-order valence-electron chi connectivity index (χ4n) is 1.70. The van der Waals surface area contributed by atoms with Crippen LogP contribution < -0.4 is 9.88 Å². The molecule has 0 spiro atoms. The lowest BCUT2D eigenvalue weighted by molar-refractivity contribution is 0.286. The van der Waals surface area contributed by atoms with Crippen molar-refractivity contribution in [3.63, 3.8) is 0 Å². The second kappa shape index (κ2) is 5.71. The van der Waals surface area contributed by atoms with Crippen LogP contribution in [-0.4, -0.2) is 15.0 Å². The second-order valence-electron chi connectivity index (χ2n) is 4.96. The lowest BCUT2D eigenvalue weighted by Gasteiger charge is -2.14. The molecule has 0 aliphatic carbocycles. The Morgan fingerprint density at radius 1 is 1.22 bits per heavy atom. The number of hydrogen-bond donors (Lipinski definition) is 1. The minimum atomic E-state index is -3.65. The molecule has 4 nitrogen and oxygen atoms in total. The molecule has 102 valence electrons. The minimum Gasteiger partial charge on any atom is -0.493 e. The lowest BCUT2D eigenvalue weighted by atomic mass is 10.1. The van der Waals surface area contributed by atoms with Crippen molar-refractivity contribution in [2.24, 2.45) is 11.1 Å². The number of ether oxygens (including phenoxy) is 1. The van der Waals surface area contributed by atoms with Crippen LogP contribution in [0, 0.1) is 19.8 Å². The van der Waals surface area contributed by atoms with E-state index < -0.39 is 10.0 Å². The van der Waals surface area contributed by atoms with Crippen LogP contribution in [-0.2, 0) is 10.0 Å². The Balaban J connectivity index is 2.95. The van der Waals surface area contributed by atoms with Gasteiger partial charge in [0, 0.05) is 0 Å². The summed E-state index contributed by atoms with van der Waals surface area (Å²) in [5.41, 5.74) is 1.59. The van der Waals surface area contributed by atoms with Crippen LogP contribution >= 0.6 is 0 Å². The van der Waals surface area contributed by atoms with E-state index in [-0.39, 0.29) is 4.90 Å². The van der Waals surface area contributed by atoms with Gasteiger partial charge in [-0.2, -0.15) is 0 Å². The van der Waals surface area contributed by atoms with Gasteiger partial charge < -0.3 is 4.74 Å². The van der Waals surface area contributed by atoms with Crippen molar-refractivity contribution < 1.29 is 13.2 Å². The third-order valence-corrected chi connectivity index (χ3v) is 3.60. The molecule has 0 unspecified atom stereocenters. The van der Waals surface area contributed by atoms with Gasteiger partial charge in [-0.15, -0.1) is 0 Å². The molecule has 0 fully saturated rings. The molecule has 18 heavy (non-hydrogen) atoms. The molecule has 0 atom stereocenters. The van der Waals surface area contributed by atoms with Crippen LogP contribution in [0.3, 0.4) is 0 Å². The van der Waals surface area contributed by atoms with E-state index in [1.807, 2.05) is 13.8 Å². The van der Waals surface area contributed by atoms with E-state index in [2.05, 4.69) is 13.8 Å². The fraction of sp³-hybridized carbons (Fsp3) is 0.538. The predicted octanol–water partition coefficient (Wildman–Crippen LogP) is 2.38. The van der Waals surface area contributed by atoms with Gasteiger partial charge >= 0.3 is 0 Å². The number of rotatable bonds is 5. The Hall–Kier alpha value is -1.07. The van der Waals surface area contributed by atoms with Crippen LogP contribution in [0.2, 0.25) is 0 Å². The van der Waals surface area contributed by atoms with Crippen molar-refractivity contribution in [3.05, 3.63) is 23.3 Å². The zero-order chi connectivity index (χ0) is 13.9. The van der Waals surface area contributed by atoms with Crippen molar-refractivity contribution >= 4 is 10.0 Å². The van der Waals surface area contributed by atoms with Gasteiger partial charge in [0.05, 0.1) is 11.5 Å². The van der Waals surface area contributed by atoms with Gasteiger partial charge in [-0.3, -0.25) is 0 Å². The van der Waals surface area contributed by atoms with Crippen LogP contribution in [0.4, 0.5) is 0 Å². The third kappa shape index (κ3) is 3.99. The average molecular weight is 271 g/mol. The summed E-state index contributed by atoms with van der Waals surface area (Å²) in [7, 11) is -3.65. The Kier molecular flexibility index (Phi) is 4.76. The fourth-order valence-corrected chi connectivity index (χ4v) is 2.38. The van der Waals surface area contributed by atoms with Gasteiger partial charge in [-0.1, -0.05) is 13.8 Å². The Bertz CT molecular complexity index is 498.